The van der Waals surface area contributed by atoms with E-state index in [4.69, 9.17) is 9.15 Å². The second kappa shape index (κ2) is 9.67. The van der Waals surface area contributed by atoms with Crippen LogP contribution in [0.15, 0.2) is 76.2 Å². The fraction of sp³-hybridized carbons (Fsp3) is 0.190. The fourth-order valence-electron chi connectivity index (χ4n) is 2.59. The molecule has 0 fully saturated rings. The topological polar surface area (TPSA) is 51.5 Å². The lowest BCUT2D eigenvalue weighted by Gasteiger charge is -2.09. The summed E-state index contributed by atoms with van der Waals surface area (Å²) in [5.74, 6) is 0.390. The van der Waals surface area contributed by atoms with Crippen LogP contribution in [0.1, 0.15) is 27.2 Å². The number of carbonyl (C=O) groups excluding carboxylic acids is 1. The van der Waals surface area contributed by atoms with Crippen molar-refractivity contribution in [1.29, 1.82) is 0 Å². The van der Waals surface area contributed by atoms with Gasteiger partial charge in [0.05, 0.1) is 12.9 Å². The second-order valence-electron chi connectivity index (χ2n) is 6.15. The van der Waals surface area contributed by atoms with Crippen LogP contribution in [0.5, 0.6) is 0 Å². The van der Waals surface area contributed by atoms with Gasteiger partial charge in [-0.3, -0.25) is 4.79 Å². The molecule has 152 valence electrons. The summed E-state index contributed by atoms with van der Waals surface area (Å²) < 4.78 is 47.9. The molecule has 0 saturated heterocycles. The molecular weight excluding hydrogens is 403 g/mol. The van der Waals surface area contributed by atoms with Crippen molar-refractivity contribution in [3.05, 3.63) is 89.4 Å². The number of ether oxygens (including phenoxy) is 1. The third-order valence-corrected chi connectivity index (χ3v) is 4.63. The highest BCUT2D eigenvalue weighted by Gasteiger charge is 2.29. The van der Waals surface area contributed by atoms with Crippen molar-refractivity contribution in [2.24, 2.45) is 0 Å². The van der Waals surface area contributed by atoms with Gasteiger partial charge >= 0.3 is 5.51 Å². The highest BCUT2D eigenvalue weighted by atomic mass is 32.2. The maximum Gasteiger partial charge on any atom is 0.446 e. The van der Waals surface area contributed by atoms with Crippen molar-refractivity contribution in [3.8, 4) is 0 Å². The molecule has 1 aromatic heterocycles. The molecule has 3 rings (SSSR count). The van der Waals surface area contributed by atoms with Crippen molar-refractivity contribution >= 4 is 17.7 Å². The molecule has 0 aliphatic rings. The SMILES string of the molecule is O=C(NCc1cccc(COCc2ccco2)c1)c1ccc(SC(F)(F)F)cc1. The summed E-state index contributed by atoms with van der Waals surface area (Å²) in [6.45, 7) is 1.07. The molecule has 0 radical (unpaired) electrons. The van der Waals surface area contributed by atoms with Gasteiger partial charge in [-0.1, -0.05) is 24.3 Å². The molecule has 1 amide bonds. The van der Waals surface area contributed by atoms with Crippen molar-refractivity contribution in [1.82, 2.24) is 5.32 Å². The number of furan rings is 1. The van der Waals surface area contributed by atoms with Crippen LogP contribution in [0.2, 0.25) is 0 Å². The summed E-state index contributed by atoms with van der Waals surface area (Å²) in [6, 6.07) is 16.5. The van der Waals surface area contributed by atoms with E-state index in [1.807, 2.05) is 30.3 Å². The molecule has 1 N–H and O–H groups in total. The van der Waals surface area contributed by atoms with Crippen molar-refractivity contribution in [2.45, 2.75) is 30.2 Å². The molecule has 4 nitrogen and oxygen atoms in total. The van der Waals surface area contributed by atoms with Gasteiger partial charge in [0.25, 0.3) is 5.91 Å². The molecule has 0 spiro atoms. The van der Waals surface area contributed by atoms with E-state index in [0.717, 1.165) is 16.9 Å². The standard InChI is InChI=1S/C21H18F3NO3S/c22-21(23,24)29-19-8-6-17(7-9-19)20(26)25-12-15-3-1-4-16(11-15)13-27-14-18-5-2-10-28-18/h1-11H,12-14H2,(H,25,26). The average Bonchev–Trinajstić information content (AvgIpc) is 3.19. The highest BCUT2D eigenvalue weighted by molar-refractivity contribution is 8.00. The Bertz CT molecular complexity index is 925. The van der Waals surface area contributed by atoms with Gasteiger partial charge in [-0.05, 0) is 59.3 Å². The predicted molar refractivity (Wildman–Crippen MR) is 103 cm³/mol. The van der Waals surface area contributed by atoms with Gasteiger partial charge in [-0.2, -0.15) is 13.2 Å². The molecule has 0 aliphatic heterocycles. The van der Waals surface area contributed by atoms with Crippen LogP contribution in [0.3, 0.4) is 0 Å². The van der Waals surface area contributed by atoms with Crippen molar-refractivity contribution in [2.75, 3.05) is 0 Å². The van der Waals surface area contributed by atoms with Crippen LogP contribution < -0.4 is 5.32 Å². The fourth-order valence-corrected chi connectivity index (χ4v) is 3.13. The van der Waals surface area contributed by atoms with E-state index in [0.29, 0.717) is 25.3 Å². The Labute approximate surface area is 170 Å². The second-order valence-corrected chi connectivity index (χ2v) is 7.29. The first-order valence-corrected chi connectivity index (χ1v) is 9.53. The van der Waals surface area contributed by atoms with Crippen molar-refractivity contribution < 1.29 is 27.1 Å². The Hall–Kier alpha value is -2.71. The van der Waals surface area contributed by atoms with Crippen LogP contribution in [0, 0.1) is 0 Å². The number of halogens is 3. The number of rotatable bonds is 8. The lowest BCUT2D eigenvalue weighted by atomic mass is 10.1. The smallest absolute Gasteiger partial charge is 0.446 e. The van der Waals surface area contributed by atoms with Gasteiger partial charge in [0.1, 0.15) is 12.4 Å². The first-order chi connectivity index (χ1) is 13.9. The Morgan fingerprint density at radius 1 is 1.00 bits per heavy atom. The number of carbonyl (C=O) groups is 1. The predicted octanol–water partition coefficient (Wildman–Crippen LogP) is 5.54. The van der Waals surface area contributed by atoms with Crippen LogP contribution in [-0.4, -0.2) is 11.4 Å². The van der Waals surface area contributed by atoms with Gasteiger partial charge in [0.2, 0.25) is 0 Å². The van der Waals surface area contributed by atoms with Gasteiger partial charge < -0.3 is 14.5 Å². The van der Waals surface area contributed by atoms with E-state index in [1.54, 1.807) is 12.3 Å². The normalized spacial score (nSPS) is 11.4. The molecule has 3 aromatic rings. The Kier molecular flexibility index (Phi) is 7.00. The quantitative estimate of drug-likeness (QED) is 0.486. The summed E-state index contributed by atoms with van der Waals surface area (Å²) in [6.07, 6.45) is 1.59. The number of thioether (sulfide) groups is 1. The van der Waals surface area contributed by atoms with E-state index < -0.39 is 5.51 Å². The highest BCUT2D eigenvalue weighted by Crippen LogP contribution is 2.36. The van der Waals surface area contributed by atoms with E-state index in [-0.39, 0.29) is 22.6 Å². The monoisotopic (exact) mass is 421 g/mol. The van der Waals surface area contributed by atoms with E-state index in [2.05, 4.69) is 5.32 Å². The molecule has 0 unspecified atom stereocenters. The Morgan fingerprint density at radius 3 is 2.45 bits per heavy atom. The van der Waals surface area contributed by atoms with E-state index in [9.17, 15) is 18.0 Å². The maximum absolute atomic E-state index is 12.4. The third kappa shape index (κ3) is 6.99. The number of benzene rings is 2. The molecule has 1 heterocycles. The number of alkyl halides is 3. The Morgan fingerprint density at radius 2 is 1.76 bits per heavy atom. The summed E-state index contributed by atoms with van der Waals surface area (Å²) in [4.78, 5) is 12.3. The van der Waals surface area contributed by atoms with Gasteiger partial charge in [-0.15, -0.1) is 0 Å². The third-order valence-electron chi connectivity index (χ3n) is 3.89. The zero-order chi connectivity index (χ0) is 20.7. The molecule has 2 aromatic carbocycles. The number of hydrogen-bond donors (Lipinski definition) is 1. The summed E-state index contributed by atoms with van der Waals surface area (Å²) in [5.41, 5.74) is -2.20. The minimum Gasteiger partial charge on any atom is -0.467 e. The van der Waals surface area contributed by atoms with E-state index >= 15 is 0 Å². The minimum absolute atomic E-state index is 0.0382. The molecule has 0 saturated carbocycles. The van der Waals surface area contributed by atoms with Crippen LogP contribution in [0.25, 0.3) is 0 Å². The molecule has 29 heavy (non-hydrogen) atoms. The number of amides is 1. The van der Waals surface area contributed by atoms with Crippen LogP contribution in [-0.2, 0) is 24.5 Å². The number of nitrogens with one attached hydrogen (secondary N) is 1. The number of hydrogen-bond acceptors (Lipinski definition) is 4. The van der Waals surface area contributed by atoms with Crippen LogP contribution in [0.4, 0.5) is 13.2 Å². The largest absolute Gasteiger partial charge is 0.467 e. The molecule has 0 atom stereocenters. The summed E-state index contributed by atoms with van der Waals surface area (Å²) in [7, 11) is 0. The lowest BCUT2D eigenvalue weighted by molar-refractivity contribution is -0.0328. The maximum atomic E-state index is 12.4. The summed E-state index contributed by atoms with van der Waals surface area (Å²) in [5, 5.41) is 2.76. The first kappa shape index (κ1) is 21.0. The van der Waals surface area contributed by atoms with Crippen molar-refractivity contribution in [3.63, 3.8) is 0 Å². The zero-order valence-corrected chi connectivity index (χ0v) is 16.1. The molecule has 8 heteroatoms. The molecule has 0 bridgehead atoms. The summed E-state index contributed by atoms with van der Waals surface area (Å²) >= 11 is -0.211. The Balaban J connectivity index is 1.49. The molecular formula is C21H18F3NO3S. The van der Waals surface area contributed by atoms with Gasteiger partial charge in [0, 0.05) is 17.0 Å². The first-order valence-electron chi connectivity index (χ1n) is 8.71. The lowest BCUT2D eigenvalue weighted by Crippen LogP contribution is -2.22. The van der Waals surface area contributed by atoms with Gasteiger partial charge in [-0.25, -0.2) is 0 Å². The minimum atomic E-state index is -4.35. The molecule has 0 aliphatic carbocycles. The van der Waals surface area contributed by atoms with E-state index in [1.165, 1.54) is 24.3 Å². The zero-order valence-electron chi connectivity index (χ0n) is 15.2. The average molecular weight is 421 g/mol. The van der Waals surface area contributed by atoms with Crippen LogP contribution >= 0.6 is 11.8 Å². The van der Waals surface area contributed by atoms with Gasteiger partial charge in [0.15, 0.2) is 0 Å².